The number of hydrogen-bond donors (Lipinski definition) is 0. The van der Waals surface area contributed by atoms with E-state index in [4.69, 9.17) is 9.47 Å². The molecule has 2 amide bonds. The Kier molecular flexibility index (Phi) is 8.25. The second-order valence-electron chi connectivity index (χ2n) is 9.99. The van der Waals surface area contributed by atoms with E-state index in [9.17, 15) is 14.0 Å². The minimum atomic E-state index is -0.465. The Morgan fingerprint density at radius 1 is 0.946 bits per heavy atom. The lowest BCUT2D eigenvalue weighted by atomic mass is 9.94. The van der Waals surface area contributed by atoms with Crippen LogP contribution in [0.2, 0.25) is 0 Å². The molecule has 0 N–H and O–H groups in total. The second kappa shape index (κ2) is 12.0. The molecule has 0 saturated carbocycles. The number of hydrogen-bond acceptors (Lipinski definition) is 7. The summed E-state index contributed by atoms with van der Waals surface area (Å²) in [6.07, 6.45) is 6.45. The van der Waals surface area contributed by atoms with E-state index in [1.54, 1.807) is 17.3 Å². The standard InChI is InChI=1S/C27H34FN5O4/c28-22-1-2-25(24(17-22)27(35)33-13-15-36-16-14-33)37-23-6-11-32(12-7-23)26(34)21-4-9-31(10-5-21)19-20-3-8-29-30-18-20/h1-3,8,17-18,21,23H,4-7,9-16,19H2. The van der Waals surface area contributed by atoms with Crippen molar-refractivity contribution in [1.82, 2.24) is 24.9 Å². The lowest BCUT2D eigenvalue weighted by molar-refractivity contribution is -0.139. The van der Waals surface area contributed by atoms with Crippen LogP contribution in [0.4, 0.5) is 4.39 Å². The van der Waals surface area contributed by atoms with Crippen LogP contribution in [0.25, 0.3) is 0 Å². The first-order chi connectivity index (χ1) is 18.1. The molecule has 0 atom stereocenters. The van der Waals surface area contributed by atoms with Gasteiger partial charge in [-0.1, -0.05) is 0 Å². The Morgan fingerprint density at radius 2 is 1.70 bits per heavy atom. The summed E-state index contributed by atoms with van der Waals surface area (Å²) in [6, 6.07) is 6.09. The van der Waals surface area contributed by atoms with Gasteiger partial charge in [-0.25, -0.2) is 4.39 Å². The number of halogens is 1. The maximum atomic E-state index is 14.0. The van der Waals surface area contributed by atoms with Crippen LogP contribution < -0.4 is 4.74 Å². The van der Waals surface area contributed by atoms with E-state index in [1.807, 2.05) is 11.0 Å². The van der Waals surface area contributed by atoms with E-state index in [0.717, 1.165) is 38.0 Å². The molecule has 3 fully saturated rings. The third kappa shape index (κ3) is 6.42. The Balaban J connectivity index is 1.11. The van der Waals surface area contributed by atoms with Crippen molar-refractivity contribution in [3.8, 4) is 5.75 Å². The average Bonchev–Trinajstić information content (AvgIpc) is 2.95. The lowest BCUT2D eigenvalue weighted by Gasteiger charge is -2.37. The fourth-order valence-corrected chi connectivity index (χ4v) is 5.35. The maximum Gasteiger partial charge on any atom is 0.257 e. The Hall–Kier alpha value is -3.11. The van der Waals surface area contributed by atoms with Gasteiger partial charge in [-0.2, -0.15) is 10.2 Å². The first-order valence-corrected chi connectivity index (χ1v) is 13.2. The summed E-state index contributed by atoms with van der Waals surface area (Å²) in [7, 11) is 0. The lowest BCUT2D eigenvalue weighted by Crippen LogP contribution is -2.47. The van der Waals surface area contributed by atoms with E-state index < -0.39 is 5.82 Å². The van der Waals surface area contributed by atoms with Crippen LogP contribution in [0.3, 0.4) is 0 Å². The predicted molar refractivity (Wildman–Crippen MR) is 133 cm³/mol. The first kappa shape index (κ1) is 25.5. The SMILES string of the molecule is O=C(c1cc(F)ccc1OC1CCN(C(=O)C2CCN(Cc3ccnnc3)CC2)CC1)N1CCOCC1. The van der Waals surface area contributed by atoms with Gasteiger partial charge in [0.2, 0.25) is 5.91 Å². The zero-order valence-electron chi connectivity index (χ0n) is 21.1. The van der Waals surface area contributed by atoms with Crippen molar-refractivity contribution in [2.24, 2.45) is 5.92 Å². The Labute approximate surface area is 216 Å². The molecule has 0 aliphatic carbocycles. The van der Waals surface area contributed by atoms with Crippen LogP contribution in [0.15, 0.2) is 36.7 Å². The van der Waals surface area contributed by atoms with Gasteiger partial charge in [0, 0.05) is 57.7 Å². The number of ether oxygens (including phenoxy) is 2. The monoisotopic (exact) mass is 511 g/mol. The second-order valence-corrected chi connectivity index (χ2v) is 9.99. The molecule has 2 aromatic rings. The first-order valence-electron chi connectivity index (χ1n) is 13.2. The quantitative estimate of drug-likeness (QED) is 0.588. The number of carbonyl (C=O) groups excluding carboxylic acids is 2. The summed E-state index contributed by atoms with van der Waals surface area (Å²) >= 11 is 0. The average molecular weight is 512 g/mol. The number of rotatable bonds is 6. The van der Waals surface area contributed by atoms with Crippen molar-refractivity contribution in [1.29, 1.82) is 0 Å². The Morgan fingerprint density at radius 3 is 2.41 bits per heavy atom. The molecular weight excluding hydrogens is 477 g/mol. The van der Waals surface area contributed by atoms with Crippen LogP contribution in [-0.2, 0) is 16.1 Å². The molecule has 198 valence electrons. The van der Waals surface area contributed by atoms with Crippen LogP contribution in [0, 0.1) is 11.7 Å². The zero-order valence-corrected chi connectivity index (χ0v) is 21.1. The van der Waals surface area contributed by atoms with Crippen molar-refractivity contribution in [3.05, 3.63) is 53.6 Å². The topological polar surface area (TPSA) is 88.1 Å². The van der Waals surface area contributed by atoms with Crippen molar-refractivity contribution >= 4 is 11.8 Å². The third-order valence-corrected chi connectivity index (χ3v) is 7.51. The normalized spacial score (nSPS) is 20.1. The molecule has 0 unspecified atom stereocenters. The smallest absolute Gasteiger partial charge is 0.257 e. The van der Waals surface area contributed by atoms with E-state index in [1.165, 1.54) is 18.2 Å². The van der Waals surface area contributed by atoms with Crippen LogP contribution in [0.1, 0.15) is 41.6 Å². The number of likely N-dealkylation sites (tertiary alicyclic amines) is 2. The van der Waals surface area contributed by atoms with Crippen LogP contribution in [0.5, 0.6) is 5.75 Å². The van der Waals surface area contributed by atoms with Crippen molar-refractivity contribution in [3.63, 3.8) is 0 Å². The van der Waals surface area contributed by atoms with Gasteiger partial charge < -0.3 is 19.3 Å². The zero-order chi connectivity index (χ0) is 25.6. The summed E-state index contributed by atoms with van der Waals surface area (Å²) in [4.78, 5) is 32.2. The van der Waals surface area contributed by atoms with Crippen molar-refractivity contribution in [2.75, 3.05) is 52.5 Å². The molecule has 4 heterocycles. The summed E-state index contributed by atoms with van der Waals surface area (Å²) in [5.41, 5.74) is 1.38. The number of carbonyl (C=O) groups is 2. The van der Waals surface area contributed by atoms with Gasteiger partial charge >= 0.3 is 0 Å². The van der Waals surface area contributed by atoms with Gasteiger partial charge in [-0.05, 0) is 55.8 Å². The van der Waals surface area contributed by atoms with Gasteiger partial charge in [-0.15, -0.1) is 0 Å². The van der Waals surface area contributed by atoms with Gasteiger partial charge in [-0.3, -0.25) is 14.5 Å². The summed E-state index contributed by atoms with van der Waals surface area (Å²) in [5, 5.41) is 7.76. The molecular formula is C27H34FN5O4. The third-order valence-electron chi connectivity index (χ3n) is 7.51. The molecule has 1 aromatic heterocycles. The number of benzene rings is 1. The van der Waals surface area contributed by atoms with Gasteiger partial charge in [0.25, 0.3) is 5.91 Å². The molecule has 10 heteroatoms. The minimum Gasteiger partial charge on any atom is -0.489 e. The van der Waals surface area contributed by atoms with E-state index in [-0.39, 0.29) is 29.4 Å². The summed E-state index contributed by atoms with van der Waals surface area (Å²) in [6.45, 7) is 5.78. The summed E-state index contributed by atoms with van der Waals surface area (Å²) < 4.78 is 25.5. The number of nitrogens with zero attached hydrogens (tertiary/aromatic N) is 5. The molecule has 0 bridgehead atoms. The van der Waals surface area contributed by atoms with Crippen molar-refractivity contribution < 1.29 is 23.5 Å². The molecule has 3 saturated heterocycles. The Bertz CT molecular complexity index is 1070. The number of piperidine rings is 2. The summed E-state index contributed by atoms with van der Waals surface area (Å²) in [5.74, 6) is -0.0166. The largest absolute Gasteiger partial charge is 0.489 e. The maximum absolute atomic E-state index is 14.0. The van der Waals surface area contributed by atoms with Crippen LogP contribution in [-0.4, -0.2) is 95.3 Å². The van der Waals surface area contributed by atoms with Gasteiger partial charge in [0.1, 0.15) is 17.7 Å². The number of morpholine rings is 1. The number of amides is 2. The highest BCUT2D eigenvalue weighted by molar-refractivity contribution is 5.97. The fourth-order valence-electron chi connectivity index (χ4n) is 5.35. The van der Waals surface area contributed by atoms with Crippen LogP contribution >= 0.6 is 0 Å². The van der Waals surface area contributed by atoms with E-state index in [2.05, 4.69) is 15.1 Å². The molecule has 1 aromatic carbocycles. The molecule has 9 nitrogen and oxygen atoms in total. The highest BCUT2D eigenvalue weighted by Crippen LogP contribution is 2.28. The van der Waals surface area contributed by atoms with Gasteiger partial charge in [0.05, 0.1) is 25.0 Å². The van der Waals surface area contributed by atoms with Crippen molar-refractivity contribution in [2.45, 2.75) is 38.3 Å². The predicted octanol–water partition coefficient (Wildman–Crippen LogP) is 2.37. The molecule has 0 radical (unpaired) electrons. The molecule has 0 spiro atoms. The fraction of sp³-hybridized carbons (Fsp3) is 0.556. The minimum absolute atomic E-state index is 0.0547. The van der Waals surface area contributed by atoms with E-state index in [0.29, 0.717) is 58.0 Å². The molecule has 37 heavy (non-hydrogen) atoms. The highest BCUT2D eigenvalue weighted by atomic mass is 19.1. The number of aromatic nitrogens is 2. The molecule has 3 aliphatic heterocycles. The molecule has 3 aliphatic rings. The van der Waals surface area contributed by atoms with Gasteiger partial charge in [0.15, 0.2) is 0 Å². The highest BCUT2D eigenvalue weighted by Gasteiger charge is 2.32. The van der Waals surface area contributed by atoms with E-state index >= 15 is 0 Å². The molecule has 5 rings (SSSR count).